The lowest BCUT2D eigenvalue weighted by atomic mass is 10.0. The highest BCUT2D eigenvalue weighted by Gasteiger charge is 2.49. The van der Waals surface area contributed by atoms with Gasteiger partial charge in [-0.05, 0) is 38.2 Å². The summed E-state index contributed by atoms with van der Waals surface area (Å²) < 4.78 is 14.0. The minimum absolute atomic E-state index is 0.0284. The van der Waals surface area contributed by atoms with Crippen molar-refractivity contribution in [1.29, 1.82) is 0 Å². The number of ether oxygens (including phenoxy) is 2. The van der Waals surface area contributed by atoms with Crippen LogP contribution in [0.15, 0.2) is 18.5 Å². The average molecular weight is 319 g/mol. The van der Waals surface area contributed by atoms with Crippen LogP contribution in [0.5, 0.6) is 0 Å². The molecule has 1 amide bonds. The summed E-state index contributed by atoms with van der Waals surface area (Å²) in [6.07, 6.45) is 8.98. The number of nitrogens with zero attached hydrogens (tertiary/aromatic N) is 3. The Balaban J connectivity index is 1.31. The lowest BCUT2D eigenvalue weighted by Crippen LogP contribution is -2.44. The molecule has 4 rings (SSSR count). The molecule has 3 aliphatic rings. The van der Waals surface area contributed by atoms with Crippen LogP contribution in [0.25, 0.3) is 0 Å². The van der Waals surface area contributed by atoms with E-state index in [0.29, 0.717) is 19.1 Å². The zero-order valence-corrected chi connectivity index (χ0v) is 13.5. The van der Waals surface area contributed by atoms with Crippen LogP contribution in [0.2, 0.25) is 0 Å². The van der Waals surface area contributed by atoms with Crippen molar-refractivity contribution < 1.29 is 14.3 Å². The molecule has 1 saturated carbocycles. The van der Waals surface area contributed by atoms with Gasteiger partial charge in [0.05, 0.1) is 6.04 Å². The lowest BCUT2D eigenvalue weighted by molar-refractivity contribution is -0.136. The normalized spacial score (nSPS) is 30.4. The molecule has 3 atom stereocenters. The summed E-state index contributed by atoms with van der Waals surface area (Å²) in [6.45, 7) is 3.04. The molecule has 0 spiro atoms. The molecule has 6 heteroatoms. The van der Waals surface area contributed by atoms with Crippen molar-refractivity contribution in [2.45, 2.75) is 56.9 Å². The van der Waals surface area contributed by atoms with Crippen LogP contribution in [-0.4, -0.2) is 58.6 Å². The molecule has 0 radical (unpaired) electrons. The molecule has 3 heterocycles. The molecule has 23 heavy (non-hydrogen) atoms. The van der Waals surface area contributed by atoms with Gasteiger partial charge in [-0.3, -0.25) is 9.48 Å². The largest absolute Gasteiger partial charge is 0.374 e. The summed E-state index contributed by atoms with van der Waals surface area (Å²) in [4.78, 5) is 14.6. The zero-order chi connectivity index (χ0) is 15.6. The molecule has 0 N–H and O–H groups in total. The van der Waals surface area contributed by atoms with Gasteiger partial charge in [-0.25, -0.2) is 0 Å². The summed E-state index contributed by atoms with van der Waals surface area (Å²) >= 11 is 0. The molecule has 1 aromatic rings. The van der Waals surface area contributed by atoms with E-state index in [4.69, 9.17) is 9.47 Å². The average Bonchev–Trinajstić information content (AvgIpc) is 3.18. The number of amides is 1. The fourth-order valence-corrected chi connectivity index (χ4v) is 3.77. The number of hydrogen-bond donors (Lipinski definition) is 0. The first kappa shape index (κ1) is 15.1. The number of hydrogen-bond acceptors (Lipinski definition) is 4. The van der Waals surface area contributed by atoms with Crippen molar-refractivity contribution >= 4 is 5.91 Å². The van der Waals surface area contributed by atoms with Gasteiger partial charge in [0, 0.05) is 44.6 Å². The molecular weight excluding hydrogens is 294 g/mol. The van der Waals surface area contributed by atoms with Gasteiger partial charge >= 0.3 is 0 Å². The van der Waals surface area contributed by atoms with E-state index in [1.54, 1.807) is 6.20 Å². The van der Waals surface area contributed by atoms with E-state index in [2.05, 4.69) is 10.00 Å². The fourth-order valence-electron chi connectivity index (χ4n) is 3.77. The maximum Gasteiger partial charge on any atom is 0.226 e. The minimum Gasteiger partial charge on any atom is -0.374 e. The number of rotatable bonds is 6. The van der Waals surface area contributed by atoms with Crippen LogP contribution in [0.1, 0.15) is 32.1 Å². The topological polar surface area (TPSA) is 56.6 Å². The Kier molecular flexibility index (Phi) is 4.35. The van der Waals surface area contributed by atoms with Crippen LogP contribution in [0.4, 0.5) is 0 Å². The summed E-state index contributed by atoms with van der Waals surface area (Å²) in [7, 11) is 0. The third-order valence-electron chi connectivity index (χ3n) is 5.11. The summed E-state index contributed by atoms with van der Waals surface area (Å²) in [5, 5.41) is 4.20. The van der Waals surface area contributed by atoms with E-state index in [1.165, 1.54) is 0 Å². The van der Waals surface area contributed by atoms with Crippen molar-refractivity contribution in [2.75, 3.05) is 19.8 Å². The molecule has 126 valence electrons. The van der Waals surface area contributed by atoms with E-state index in [9.17, 15) is 4.79 Å². The van der Waals surface area contributed by atoms with Gasteiger partial charge in [0.1, 0.15) is 12.2 Å². The Morgan fingerprint density at radius 3 is 3.04 bits per heavy atom. The highest BCUT2D eigenvalue weighted by molar-refractivity contribution is 5.81. The van der Waals surface area contributed by atoms with Gasteiger partial charge in [-0.1, -0.05) is 0 Å². The van der Waals surface area contributed by atoms with E-state index < -0.39 is 0 Å². The fraction of sp³-hybridized carbons (Fsp3) is 0.765. The molecule has 1 aliphatic carbocycles. The second-order valence-electron chi connectivity index (χ2n) is 6.84. The SMILES string of the molecule is O=C(C1CC1)N1C[C@@H](OCCCn2cccn2)[C@@H]2OCCC[C@H]21. The summed E-state index contributed by atoms with van der Waals surface area (Å²) in [6, 6.07) is 2.16. The minimum atomic E-state index is 0.0284. The van der Waals surface area contributed by atoms with Gasteiger partial charge < -0.3 is 14.4 Å². The van der Waals surface area contributed by atoms with Gasteiger partial charge in [-0.2, -0.15) is 5.10 Å². The zero-order valence-electron chi connectivity index (χ0n) is 13.5. The number of fused-ring (bicyclic) bond motifs is 1. The second kappa shape index (κ2) is 6.61. The van der Waals surface area contributed by atoms with Crippen LogP contribution in [0, 0.1) is 5.92 Å². The Morgan fingerprint density at radius 1 is 1.35 bits per heavy atom. The molecule has 0 unspecified atom stereocenters. The van der Waals surface area contributed by atoms with Crippen molar-refractivity contribution in [3.63, 3.8) is 0 Å². The van der Waals surface area contributed by atoms with Gasteiger partial charge in [0.25, 0.3) is 0 Å². The van der Waals surface area contributed by atoms with Crippen molar-refractivity contribution in [3.8, 4) is 0 Å². The van der Waals surface area contributed by atoms with Crippen LogP contribution >= 0.6 is 0 Å². The summed E-state index contributed by atoms with van der Waals surface area (Å²) in [5.74, 6) is 0.601. The first-order chi connectivity index (χ1) is 11.3. The lowest BCUT2D eigenvalue weighted by Gasteiger charge is -2.32. The smallest absolute Gasteiger partial charge is 0.226 e. The Hall–Kier alpha value is -1.40. The number of carbonyl (C=O) groups excluding carboxylic acids is 1. The third kappa shape index (κ3) is 3.28. The van der Waals surface area contributed by atoms with Gasteiger partial charge in [0.2, 0.25) is 5.91 Å². The van der Waals surface area contributed by atoms with E-state index in [1.807, 2.05) is 16.9 Å². The molecule has 0 bridgehead atoms. The Labute approximate surface area is 136 Å². The predicted octanol–water partition coefficient (Wildman–Crippen LogP) is 1.46. The molecule has 6 nitrogen and oxygen atoms in total. The van der Waals surface area contributed by atoms with Crippen molar-refractivity contribution in [3.05, 3.63) is 18.5 Å². The third-order valence-corrected chi connectivity index (χ3v) is 5.11. The summed E-state index contributed by atoms with van der Waals surface area (Å²) in [5.41, 5.74) is 0. The van der Waals surface area contributed by atoms with Crippen LogP contribution < -0.4 is 0 Å². The van der Waals surface area contributed by atoms with Crippen molar-refractivity contribution in [2.24, 2.45) is 5.92 Å². The molecule has 2 saturated heterocycles. The van der Waals surface area contributed by atoms with Gasteiger partial charge in [0.15, 0.2) is 0 Å². The van der Waals surface area contributed by atoms with E-state index in [-0.39, 0.29) is 24.2 Å². The predicted molar refractivity (Wildman–Crippen MR) is 83.8 cm³/mol. The first-order valence-corrected chi connectivity index (χ1v) is 8.84. The second-order valence-corrected chi connectivity index (χ2v) is 6.84. The maximum absolute atomic E-state index is 12.5. The number of likely N-dealkylation sites (tertiary alicyclic amines) is 1. The molecular formula is C17H25N3O3. The van der Waals surface area contributed by atoms with Crippen LogP contribution in [0.3, 0.4) is 0 Å². The van der Waals surface area contributed by atoms with Crippen molar-refractivity contribution in [1.82, 2.24) is 14.7 Å². The number of aromatic nitrogens is 2. The number of carbonyl (C=O) groups is 1. The molecule has 3 fully saturated rings. The standard InChI is InChI=1S/C17H25N3O3/c21-17(13-5-6-13)20-12-15(16-14(20)4-1-10-23-16)22-11-3-9-19-8-2-7-18-19/h2,7-8,13-16H,1,3-6,9-12H2/t14-,15-,16-/m1/s1. The Bertz CT molecular complexity index is 529. The maximum atomic E-state index is 12.5. The highest BCUT2D eigenvalue weighted by atomic mass is 16.5. The monoisotopic (exact) mass is 319 g/mol. The molecule has 1 aromatic heterocycles. The van der Waals surface area contributed by atoms with E-state index >= 15 is 0 Å². The highest BCUT2D eigenvalue weighted by Crippen LogP contribution is 2.37. The van der Waals surface area contributed by atoms with Gasteiger partial charge in [-0.15, -0.1) is 0 Å². The van der Waals surface area contributed by atoms with Crippen LogP contribution in [-0.2, 0) is 20.8 Å². The first-order valence-electron chi connectivity index (χ1n) is 8.84. The van der Waals surface area contributed by atoms with E-state index in [0.717, 1.165) is 45.3 Å². The number of aryl methyl sites for hydroxylation is 1. The quantitative estimate of drug-likeness (QED) is 0.745. The molecule has 2 aliphatic heterocycles. The Morgan fingerprint density at radius 2 is 2.26 bits per heavy atom. The molecule has 0 aromatic carbocycles.